The lowest BCUT2D eigenvalue weighted by molar-refractivity contribution is 0.669. The van der Waals surface area contributed by atoms with Crippen molar-refractivity contribution in [1.29, 1.82) is 0 Å². The fourth-order valence-corrected chi connectivity index (χ4v) is 15.1. The maximum absolute atomic E-state index is 7.16. The average molecular weight is 1080 g/mol. The van der Waals surface area contributed by atoms with Crippen LogP contribution in [0.5, 0.6) is 0 Å². The van der Waals surface area contributed by atoms with Crippen LogP contribution in [0.1, 0.15) is 5.56 Å². The van der Waals surface area contributed by atoms with E-state index in [9.17, 15) is 0 Å². The predicted octanol–water partition coefficient (Wildman–Crippen LogP) is 22.6. The fraction of sp³-hybridized carbons (Fsp3) is 0.0127. The van der Waals surface area contributed by atoms with Gasteiger partial charge in [0, 0.05) is 86.2 Å². The van der Waals surface area contributed by atoms with Gasteiger partial charge in [0.1, 0.15) is 22.3 Å². The van der Waals surface area contributed by atoms with Crippen LogP contribution in [0.25, 0.3) is 208 Å². The molecule has 392 valence electrons. The Balaban J connectivity index is 0.775. The van der Waals surface area contributed by atoms with E-state index in [1.807, 2.05) is 12.1 Å². The van der Waals surface area contributed by atoms with Gasteiger partial charge in [-0.3, -0.25) is 0 Å². The summed E-state index contributed by atoms with van der Waals surface area (Å²) in [5.74, 6) is 0. The van der Waals surface area contributed by atoms with E-state index in [0.717, 1.165) is 154 Å². The number of rotatable bonds is 4. The molecule has 0 fully saturated rings. The van der Waals surface area contributed by atoms with E-state index in [-0.39, 0.29) is 0 Å². The minimum Gasteiger partial charge on any atom is -0.454 e. The zero-order valence-electron chi connectivity index (χ0n) is 45.5. The lowest BCUT2D eigenvalue weighted by atomic mass is 9.96. The molecule has 0 N–H and O–H groups in total. The molecule has 0 aliphatic heterocycles. The number of furan rings is 4. The van der Waals surface area contributed by atoms with Crippen molar-refractivity contribution in [3.8, 4) is 44.5 Å². The highest BCUT2D eigenvalue weighted by atomic mass is 16.3. The molecule has 8 heterocycles. The van der Waals surface area contributed by atoms with E-state index in [0.29, 0.717) is 0 Å². The maximum atomic E-state index is 7.16. The Kier molecular flexibility index (Phi) is 8.14. The van der Waals surface area contributed by atoms with Crippen LogP contribution in [0.15, 0.2) is 254 Å². The molecule has 0 saturated heterocycles. The first-order chi connectivity index (χ1) is 42.0. The van der Waals surface area contributed by atoms with Crippen LogP contribution in [0.2, 0.25) is 0 Å². The molecule has 85 heavy (non-hydrogen) atoms. The topological polar surface area (TPSA) is 61.4 Å². The molecule has 0 atom stereocenters. The Bertz CT molecular complexity index is 6520. The van der Waals surface area contributed by atoms with E-state index in [4.69, 9.17) is 17.7 Å². The monoisotopic (exact) mass is 1080 g/mol. The molecule has 6 heteroatoms. The van der Waals surface area contributed by atoms with Gasteiger partial charge in [0.25, 0.3) is 0 Å². The summed E-state index contributed by atoms with van der Waals surface area (Å²) in [5, 5.41) is 18.0. The molecule has 0 spiro atoms. The van der Waals surface area contributed by atoms with E-state index in [2.05, 4.69) is 240 Å². The zero-order chi connectivity index (χ0) is 55.1. The molecular weight excluding hydrogens is 1040 g/mol. The van der Waals surface area contributed by atoms with Crippen LogP contribution in [0, 0.1) is 6.92 Å². The van der Waals surface area contributed by atoms with E-state index in [1.165, 1.54) is 60.4 Å². The summed E-state index contributed by atoms with van der Waals surface area (Å²) in [6.45, 7) is 2.14. The van der Waals surface area contributed by atoms with Gasteiger partial charge in [0.05, 0.1) is 33.1 Å². The highest BCUT2D eigenvalue weighted by Crippen LogP contribution is 2.51. The van der Waals surface area contributed by atoms with Gasteiger partial charge in [-0.1, -0.05) is 151 Å². The molecule has 0 saturated carbocycles. The van der Waals surface area contributed by atoms with E-state index >= 15 is 0 Å². The Hall–Kier alpha value is -11.3. The molecule has 13 aromatic carbocycles. The second-order valence-electron chi connectivity index (χ2n) is 23.5. The standard InChI is InChI=1S/C79H42N2O4/c1-41-18-20-43(21-19-41)48-37-62-52-24-28-56-50-14-5-7-16-66(50)82-76(56)72(52)80-70(62)63(38-48)54-26-30-58-60-35-46(22-32-68(60)84-78(58)74(54)80)47-23-33-69-61(36-47)59-31-27-55-65-40-49(45-13-9-12-44(34-45)42-10-3-2-4-11-42)39-64-53-25-29-57-51-15-6-8-17-67(51)83-77(57)73(53)81(71(64)65)75(55)79(59)85-69/h2-40H,1H3. The minimum atomic E-state index is 0.836. The summed E-state index contributed by atoms with van der Waals surface area (Å²) in [7, 11) is 0. The van der Waals surface area contributed by atoms with Crippen LogP contribution in [-0.2, 0) is 0 Å². The lowest BCUT2D eigenvalue weighted by Crippen LogP contribution is -1.82. The number of fused-ring (bicyclic) bond motifs is 28. The van der Waals surface area contributed by atoms with Crippen LogP contribution in [0.4, 0.5) is 0 Å². The lowest BCUT2D eigenvalue weighted by Gasteiger charge is -2.07. The minimum absolute atomic E-state index is 0.836. The van der Waals surface area contributed by atoms with Crippen molar-refractivity contribution in [1.82, 2.24) is 8.80 Å². The van der Waals surface area contributed by atoms with Crippen molar-refractivity contribution in [3.63, 3.8) is 0 Å². The molecule has 21 rings (SSSR count). The largest absolute Gasteiger partial charge is 0.454 e. The Morgan fingerprint density at radius 3 is 0.976 bits per heavy atom. The third-order valence-corrected chi connectivity index (χ3v) is 19.0. The number of para-hydroxylation sites is 2. The van der Waals surface area contributed by atoms with Gasteiger partial charge in [-0.2, -0.15) is 0 Å². The number of hydrogen-bond donors (Lipinski definition) is 0. The van der Waals surface area contributed by atoms with Gasteiger partial charge in [-0.25, -0.2) is 0 Å². The average Bonchev–Trinajstić information content (AvgIpc) is 1.61. The van der Waals surface area contributed by atoms with Gasteiger partial charge in [0.2, 0.25) is 0 Å². The highest BCUT2D eigenvalue weighted by molar-refractivity contribution is 6.34. The van der Waals surface area contributed by atoms with E-state index in [1.54, 1.807) is 0 Å². The van der Waals surface area contributed by atoms with Gasteiger partial charge in [-0.05, 0) is 142 Å². The van der Waals surface area contributed by atoms with Crippen molar-refractivity contribution in [2.24, 2.45) is 0 Å². The number of nitrogens with zero attached hydrogens (tertiary/aromatic N) is 2. The molecule has 0 bridgehead atoms. The molecule has 0 amide bonds. The molecule has 0 unspecified atom stereocenters. The molecule has 0 aliphatic rings. The fourth-order valence-electron chi connectivity index (χ4n) is 15.1. The summed E-state index contributed by atoms with van der Waals surface area (Å²) in [4.78, 5) is 0. The summed E-state index contributed by atoms with van der Waals surface area (Å²) in [6, 6.07) is 86.1. The van der Waals surface area contributed by atoms with Gasteiger partial charge in [0.15, 0.2) is 22.3 Å². The number of aromatic nitrogens is 2. The first-order valence-corrected chi connectivity index (χ1v) is 29.1. The van der Waals surface area contributed by atoms with Gasteiger partial charge < -0.3 is 26.5 Å². The van der Waals surface area contributed by atoms with Gasteiger partial charge in [-0.15, -0.1) is 0 Å². The van der Waals surface area contributed by atoms with Gasteiger partial charge >= 0.3 is 0 Å². The van der Waals surface area contributed by atoms with Crippen molar-refractivity contribution < 1.29 is 17.7 Å². The summed E-state index contributed by atoms with van der Waals surface area (Å²) >= 11 is 0. The normalized spacial score (nSPS) is 12.8. The molecular formula is C79H42N2O4. The second kappa shape index (κ2) is 15.6. The predicted molar refractivity (Wildman–Crippen MR) is 351 cm³/mol. The molecule has 0 radical (unpaired) electrons. The van der Waals surface area contributed by atoms with Crippen LogP contribution >= 0.6 is 0 Å². The maximum Gasteiger partial charge on any atom is 0.160 e. The first-order valence-electron chi connectivity index (χ1n) is 29.1. The summed E-state index contributed by atoms with van der Waals surface area (Å²) in [6.07, 6.45) is 0. The zero-order valence-corrected chi connectivity index (χ0v) is 45.5. The third kappa shape index (κ3) is 5.68. The van der Waals surface area contributed by atoms with Crippen LogP contribution in [-0.4, -0.2) is 8.80 Å². The number of benzene rings is 13. The first kappa shape index (κ1) is 44.3. The number of aryl methyl sites for hydroxylation is 1. The van der Waals surface area contributed by atoms with Crippen molar-refractivity contribution in [2.45, 2.75) is 6.92 Å². The van der Waals surface area contributed by atoms with Crippen LogP contribution < -0.4 is 0 Å². The van der Waals surface area contributed by atoms with Crippen molar-refractivity contribution >= 4 is 164 Å². The Morgan fingerprint density at radius 1 is 0.200 bits per heavy atom. The second-order valence-corrected chi connectivity index (χ2v) is 23.5. The number of hydrogen-bond acceptors (Lipinski definition) is 4. The molecule has 21 aromatic rings. The summed E-state index contributed by atoms with van der Waals surface area (Å²) in [5.41, 5.74) is 23.9. The van der Waals surface area contributed by atoms with Crippen LogP contribution in [0.3, 0.4) is 0 Å². The SMILES string of the molecule is Cc1ccc(-c2cc3c4ccc5c6ccccc6oc5c4n4c3c(c2)c2ccc3c5cc(-c6ccc7oc8c(ccc9c%10cc(-c%11cccc(-c%12ccccc%12)c%11)cc%11c%12ccc%13c%14ccccc%14oc%13c%12n(c%11%10)c98)c7c6)ccc5oc3c24)cc1. The quantitative estimate of drug-likeness (QED) is 0.176. The molecule has 8 aromatic heterocycles. The molecule has 0 aliphatic carbocycles. The smallest absolute Gasteiger partial charge is 0.160 e. The van der Waals surface area contributed by atoms with Crippen molar-refractivity contribution in [3.05, 3.63) is 242 Å². The third-order valence-electron chi connectivity index (χ3n) is 19.0. The molecule has 6 nitrogen and oxygen atoms in total. The Morgan fingerprint density at radius 2 is 0.518 bits per heavy atom. The van der Waals surface area contributed by atoms with E-state index < -0.39 is 0 Å². The Labute approximate surface area is 481 Å². The van der Waals surface area contributed by atoms with Crippen molar-refractivity contribution in [2.75, 3.05) is 0 Å². The highest BCUT2D eigenvalue weighted by Gasteiger charge is 2.28. The summed E-state index contributed by atoms with van der Waals surface area (Å²) < 4.78 is 32.9.